The zero-order valence-corrected chi connectivity index (χ0v) is 13.6. The summed E-state index contributed by atoms with van der Waals surface area (Å²) in [5.74, 6) is 7.01. The van der Waals surface area contributed by atoms with Crippen LogP contribution in [0.15, 0.2) is 52.6 Å². The monoisotopic (exact) mass is 311 g/mol. The van der Waals surface area contributed by atoms with E-state index < -0.39 is 0 Å². The standard InChI is InChI=1S/C18H21N3O2/c1-13-4-6-14(7-5-13)17(21-19)12-20-11-15-10-16(22-2)8-9-18(15)23-3/h4-10,12H,11,19H2,1-3H3. The molecule has 0 spiro atoms. The lowest BCUT2D eigenvalue weighted by Crippen LogP contribution is -2.06. The number of ether oxygens (including phenoxy) is 2. The summed E-state index contributed by atoms with van der Waals surface area (Å²) >= 11 is 0. The Morgan fingerprint density at radius 2 is 1.83 bits per heavy atom. The van der Waals surface area contributed by atoms with Crippen LogP contribution in [0.2, 0.25) is 0 Å². The van der Waals surface area contributed by atoms with E-state index in [-0.39, 0.29) is 0 Å². The summed E-state index contributed by atoms with van der Waals surface area (Å²) in [6.07, 6.45) is 1.67. The molecule has 0 saturated heterocycles. The molecule has 5 heteroatoms. The van der Waals surface area contributed by atoms with Crippen molar-refractivity contribution in [3.05, 3.63) is 59.2 Å². The van der Waals surface area contributed by atoms with Gasteiger partial charge in [-0.3, -0.25) is 4.99 Å². The van der Waals surface area contributed by atoms with E-state index in [0.29, 0.717) is 12.3 Å². The van der Waals surface area contributed by atoms with E-state index in [1.54, 1.807) is 20.4 Å². The van der Waals surface area contributed by atoms with Crippen LogP contribution in [0.25, 0.3) is 0 Å². The molecule has 2 aromatic carbocycles. The van der Waals surface area contributed by atoms with E-state index >= 15 is 0 Å². The van der Waals surface area contributed by atoms with Crippen LogP contribution in [-0.4, -0.2) is 26.1 Å². The van der Waals surface area contributed by atoms with Crippen molar-refractivity contribution in [2.24, 2.45) is 15.9 Å². The quantitative estimate of drug-likeness (QED) is 0.506. The minimum absolute atomic E-state index is 0.450. The molecule has 2 aromatic rings. The highest BCUT2D eigenvalue weighted by Crippen LogP contribution is 2.24. The molecular weight excluding hydrogens is 290 g/mol. The van der Waals surface area contributed by atoms with Crippen molar-refractivity contribution in [3.63, 3.8) is 0 Å². The van der Waals surface area contributed by atoms with Gasteiger partial charge < -0.3 is 15.3 Å². The zero-order chi connectivity index (χ0) is 16.7. The van der Waals surface area contributed by atoms with Crippen LogP contribution in [0, 0.1) is 6.92 Å². The fourth-order valence-electron chi connectivity index (χ4n) is 2.14. The molecule has 23 heavy (non-hydrogen) atoms. The number of rotatable bonds is 6. The molecule has 0 fully saturated rings. The van der Waals surface area contributed by atoms with Gasteiger partial charge in [0.05, 0.1) is 20.8 Å². The summed E-state index contributed by atoms with van der Waals surface area (Å²) < 4.78 is 10.6. The van der Waals surface area contributed by atoms with Crippen LogP contribution < -0.4 is 15.3 Å². The fraction of sp³-hybridized carbons (Fsp3) is 0.222. The third-order valence-corrected chi connectivity index (χ3v) is 3.45. The molecule has 0 aliphatic heterocycles. The van der Waals surface area contributed by atoms with Crippen molar-refractivity contribution in [1.82, 2.24) is 0 Å². The van der Waals surface area contributed by atoms with E-state index in [1.807, 2.05) is 49.4 Å². The highest BCUT2D eigenvalue weighted by atomic mass is 16.5. The molecule has 0 amide bonds. The van der Waals surface area contributed by atoms with Gasteiger partial charge in [0.2, 0.25) is 0 Å². The van der Waals surface area contributed by atoms with Crippen molar-refractivity contribution in [1.29, 1.82) is 0 Å². The van der Waals surface area contributed by atoms with E-state index in [1.165, 1.54) is 5.56 Å². The van der Waals surface area contributed by atoms with E-state index in [2.05, 4.69) is 10.1 Å². The van der Waals surface area contributed by atoms with Crippen molar-refractivity contribution in [3.8, 4) is 11.5 Å². The number of nitrogens with two attached hydrogens (primary N) is 1. The van der Waals surface area contributed by atoms with E-state index in [0.717, 1.165) is 22.6 Å². The van der Waals surface area contributed by atoms with Gasteiger partial charge in [-0.1, -0.05) is 29.8 Å². The number of hydrogen-bond donors (Lipinski definition) is 1. The average molecular weight is 311 g/mol. The van der Waals surface area contributed by atoms with Gasteiger partial charge in [-0.15, -0.1) is 0 Å². The molecule has 0 aliphatic carbocycles. The summed E-state index contributed by atoms with van der Waals surface area (Å²) in [6, 6.07) is 13.6. The molecule has 120 valence electrons. The Hall–Kier alpha value is -2.82. The number of methoxy groups -OCH3 is 2. The molecule has 0 heterocycles. The van der Waals surface area contributed by atoms with Crippen molar-refractivity contribution in [2.75, 3.05) is 14.2 Å². The molecule has 0 aromatic heterocycles. The predicted octanol–water partition coefficient (Wildman–Crippen LogP) is 2.95. The van der Waals surface area contributed by atoms with E-state index in [4.69, 9.17) is 15.3 Å². The van der Waals surface area contributed by atoms with Crippen LogP contribution in [0.4, 0.5) is 0 Å². The lowest BCUT2D eigenvalue weighted by molar-refractivity contribution is 0.399. The van der Waals surface area contributed by atoms with Crippen LogP contribution >= 0.6 is 0 Å². The van der Waals surface area contributed by atoms with Gasteiger partial charge in [-0.05, 0) is 25.1 Å². The van der Waals surface area contributed by atoms with Gasteiger partial charge in [-0.2, -0.15) is 5.10 Å². The van der Waals surface area contributed by atoms with Crippen LogP contribution in [0.3, 0.4) is 0 Å². The number of hydrazone groups is 1. The Morgan fingerprint density at radius 1 is 1.09 bits per heavy atom. The maximum atomic E-state index is 5.48. The smallest absolute Gasteiger partial charge is 0.124 e. The molecular formula is C18H21N3O2. The average Bonchev–Trinajstić information content (AvgIpc) is 2.59. The van der Waals surface area contributed by atoms with Crippen LogP contribution in [0.5, 0.6) is 11.5 Å². The molecule has 5 nitrogen and oxygen atoms in total. The Bertz CT molecular complexity index is 707. The van der Waals surface area contributed by atoms with Crippen molar-refractivity contribution >= 4 is 11.9 Å². The second-order valence-electron chi connectivity index (χ2n) is 5.03. The normalized spacial score (nSPS) is 11.7. The molecule has 2 N–H and O–H groups in total. The minimum atomic E-state index is 0.450. The highest BCUT2D eigenvalue weighted by molar-refractivity contribution is 6.38. The van der Waals surface area contributed by atoms with Gasteiger partial charge >= 0.3 is 0 Å². The van der Waals surface area contributed by atoms with Crippen molar-refractivity contribution < 1.29 is 9.47 Å². The molecule has 0 bridgehead atoms. The first-order valence-electron chi connectivity index (χ1n) is 7.23. The summed E-state index contributed by atoms with van der Waals surface area (Å²) in [4.78, 5) is 4.42. The molecule has 0 unspecified atom stereocenters. The highest BCUT2D eigenvalue weighted by Gasteiger charge is 2.05. The number of benzene rings is 2. The zero-order valence-electron chi connectivity index (χ0n) is 13.6. The fourth-order valence-corrected chi connectivity index (χ4v) is 2.14. The lowest BCUT2D eigenvalue weighted by atomic mass is 10.1. The van der Waals surface area contributed by atoms with Crippen LogP contribution in [-0.2, 0) is 6.54 Å². The molecule has 2 rings (SSSR count). The first-order chi connectivity index (χ1) is 11.2. The molecule has 0 atom stereocenters. The largest absolute Gasteiger partial charge is 0.497 e. The topological polar surface area (TPSA) is 69.2 Å². The van der Waals surface area contributed by atoms with Gasteiger partial charge in [-0.25, -0.2) is 0 Å². The van der Waals surface area contributed by atoms with Crippen molar-refractivity contribution in [2.45, 2.75) is 13.5 Å². The first kappa shape index (κ1) is 16.5. The third-order valence-electron chi connectivity index (χ3n) is 3.45. The van der Waals surface area contributed by atoms with Gasteiger partial charge in [0, 0.05) is 17.3 Å². The first-order valence-corrected chi connectivity index (χ1v) is 7.23. The number of nitrogens with zero attached hydrogens (tertiary/aromatic N) is 2. The van der Waals surface area contributed by atoms with Gasteiger partial charge in [0.1, 0.15) is 17.2 Å². The molecule has 0 aliphatic rings. The predicted molar refractivity (Wildman–Crippen MR) is 93.6 cm³/mol. The minimum Gasteiger partial charge on any atom is -0.497 e. The summed E-state index contributed by atoms with van der Waals surface area (Å²) in [5.41, 5.74) is 3.68. The van der Waals surface area contributed by atoms with Gasteiger partial charge in [0.15, 0.2) is 0 Å². The molecule has 0 radical (unpaired) electrons. The number of hydrogen-bond acceptors (Lipinski definition) is 5. The van der Waals surface area contributed by atoms with Crippen LogP contribution in [0.1, 0.15) is 16.7 Å². The Morgan fingerprint density at radius 3 is 2.43 bits per heavy atom. The van der Waals surface area contributed by atoms with Gasteiger partial charge in [0.25, 0.3) is 0 Å². The number of aliphatic imine (C=N–C) groups is 1. The summed E-state index contributed by atoms with van der Waals surface area (Å²) in [7, 11) is 3.26. The summed E-state index contributed by atoms with van der Waals surface area (Å²) in [5, 5.41) is 3.81. The maximum Gasteiger partial charge on any atom is 0.124 e. The Labute approximate surface area is 136 Å². The van der Waals surface area contributed by atoms with E-state index in [9.17, 15) is 0 Å². The summed E-state index contributed by atoms with van der Waals surface area (Å²) in [6.45, 7) is 2.48. The molecule has 0 saturated carbocycles. The SMILES string of the molecule is COc1ccc(OC)c(CN=CC(=NN)c2ccc(C)cc2)c1. The second kappa shape index (κ2) is 7.98. The lowest BCUT2D eigenvalue weighted by Gasteiger charge is -2.08. The maximum absolute atomic E-state index is 5.48. The Balaban J connectivity index is 2.15. The Kier molecular flexibility index (Phi) is 5.74. The second-order valence-corrected chi connectivity index (χ2v) is 5.03. The third kappa shape index (κ3) is 4.32. The number of aryl methyl sites for hydroxylation is 1.